The maximum atomic E-state index is 12.9. The number of halogens is 1. The topological polar surface area (TPSA) is 72.1 Å². The summed E-state index contributed by atoms with van der Waals surface area (Å²) in [6.45, 7) is 0.662. The van der Waals surface area contributed by atoms with Crippen molar-refractivity contribution in [1.82, 2.24) is 19.9 Å². The highest BCUT2D eigenvalue weighted by Gasteiger charge is 2.32. The van der Waals surface area contributed by atoms with Crippen LogP contribution in [0, 0.1) is 0 Å². The highest BCUT2D eigenvalue weighted by Crippen LogP contribution is 2.32. The van der Waals surface area contributed by atoms with Crippen LogP contribution in [0.2, 0.25) is 5.02 Å². The van der Waals surface area contributed by atoms with E-state index >= 15 is 0 Å². The highest BCUT2D eigenvalue weighted by molar-refractivity contribution is 6.30. The molecular formula is C20H19ClN4O2. The molecule has 1 saturated heterocycles. The van der Waals surface area contributed by atoms with E-state index in [2.05, 4.69) is 15.0 Å². The molecule has 1 aromatic carbocycles. The third-order valence-corrected chi connectivity index (χ3v) is 4.95. The van der Waals surface area contributed by atoms with E-state index in [4.69, 9.17) is 16.0 Å². The number of piperidine rings is 1. The summed E-state index contributed by atoms with van der Waals surface area (Å²) in [4.78, 5) is 27.2. The van der Waals surface area contributed by atoms with Gasteiger partial charge in [-0.05, 0) is 37.0 Å². The van der Waals surface area contributed by atoms with Crippen LogP contribution in [0.4, 0.5) is 0 Å². The molecule has 27 heavy (non-hydrogen) atoms. The lowest BCUT2D eigenvalue weighted by Crippen LogP contribution is -2.39. The predicted octanol–water partition coefficient (Wildman–Crippen LogP) is 4.08. The van der Waals surface area contributed by atoms with Gasteiger partial charge in [-0.25, -0.2) is 9.97 Å². The van der Waals surface area contributed by atoms with E-state index in [9.17, 15) is 4.79 Å². The van der Waals surface area contributed by atoms with Gasteiger partial charge in [0.25, 0.3) is 5.91 Å². The normalized spacial score (nSPS) is 17.1. The summed E-state index contributed by atoms with van der Waals surface area (Å²) in [6, 6.07) is 7.48. The minimum absolute atomic E-state index is 0.134. The molecule has 0 N–H and O–H groups in total. The van der Waals surface area contributed by atoms with E-state index in [1.54, 1.807) is 17.3 Å². The van der Waals surface area contributed by atoms with Crippen molar-refractivity contribution in [2.75, 3.05) is 6.54 Å². The summed E-state index contributed by atoms with van der Waals surface area (Å²) in [5.74, 6) is 1.21. The second-order valence-corrected chi connectivity index (χ2v) is 7.01. The van der Waals surface area contributed by atoms with Crippen molar-refractivity contribution >= 4 is 17.5 Å². The van der Waals surface area contributed by atoms with Crippen LogP contribution in [0.3, 0.4) is 0 Å². The second kappa shape index (κ2) is 7.88. The maximum absolute atomic E-state index is 12.9. The molecular weight excluding hydrogens is 364 g/mol. The van der Waals surface area contributed by atoms with Gasteiger partial charge >= 0.3 is 0 Å². The second-order valence-electron chi connectivity index (χ2n) is 6.57. The van der Waals surface area contributed by atoms with Gasteiger partial charge in [0.1, 0.15) is 17.5 Å². The van der Waals surface area contributed by atoms with Crippen LogP contribution in [-0.2, 0) is 6.42 Å². The first-order chi connectivity index (χ1) is 13.2. The molecule has 7 heteroatoms. The third-order valence-electron chi connectivity index (χ3n) is 4.69. The minimum atomic E-state index is -0.174. The highest BCUT2D eigenvalue weighted by atomic mass is 35.5. The SMILES string of the molecule is O=C(c1cnccn1)N1CCCC[C@@H]1c1ncc(Cc2ccc(Cl)cc2)o1. The largest absolute Gasteiger partial charge is 0.443 e. The number of likely N-dealkylation sites (tertiary alicyclic amines) is 1. The van der Waals surface area contributed by atoms with E-state index in [1.807, 2.05) is 24.3 Å². The van der Waals surface area contributed by atoms with Gasteiger partial charge in [-0.1, -0.05) is 23.7 Å². The van der Waals surface area contributed by atoms with Gasteiger partial charge in [0.2, 0.25) is 5.89 Å². The fourth-order valence-corrected chi connectivity index (χ4v) is 3.48. The lowest BCUT2D eigenvalue weighted by molar-refractivity contribution is 0.0563. The molecule has 1 aliphatic rings. The number of hydrogen-bond donors (Lipinski definition) is 0. The van der Waals surface area contributed by atoms with Gasteiger partial charge in [0.05, 0.1) is 12.4 Å². The Balaban J connectivity index is 1.53. The standard InChI is InChI=1S/C20H19ClN4O2/c21-15-6-4-14(5-7-15)11-16-12-24-19(27-16)18-3-1-2-10-25(18)20(26)17-13-22-8-9-23-17/h4-9,12-13,18H,1-3,10-11H2/t18-/m1/s1. The van der Waals surface area contributed by atoms with Gasteiger partial charge in [-0.3, -0.25) is 9.78 Å². The van der Waals surface area contributed by atoms with Crippen molar-refractivity contribution < 1.29 is 9.21 Å². The first-order valence-electron chi connectivity index (χ1n) is 8.97. The maximum Gasteiger partial charge on any atom is 0.274 e. The average molecular weight is 383 g/mol. The molecule has 3 heterocycles. The van der Waals surface area contributed by atoms with E-state index in [1.165, 1.54) is 12.4 Å². The Morgan fingerprint density at radius 1 is 1.15 bits per heavy atom. The zero-order valence-corrected chi connectivity index (χ0v) is 15.5. The number of amides is 1. The van der Waals surface area contributed by atoms with Crippen LogP contribution in [0.1, 0.15) is 53.0 Å². The summed E-state index contributed by atoms with van der Waals surface area (Å²) in [5, 5.41) is 0.706. The summed E-state index contributed by atoms with van der Waals surface area (Å²) in [7, 11) is 0. The number of nitrogens with zero attached hydrogens (tertiary/aromatic N) is 4. The van der Waals surface area contributed by atoms with Gasteiger partial charge in [-0.2, -0.15) is 0 Å². The van der Waals surface area contributed by atoms with Crippen LogP contribution in [0.25, 0.3) is 0 Å². The van der Waals surface area contributed by atoms with Gasteiger partial charge in [0.15, 0.2) is 0 Å². The van der Waals surface area contributed by atoms with Crippen LogP contribution >= 0.6 is 11.6 Å². The third kappa shape index (κ3) is 4.01. The molecule has 0 spiro atoms. The Labute approximate surface area is 162 Å². The van der Waals surface area contributed by atoms with Crippen molar-refractivity contribution in [1.29, 1.82) is 0 Å². The molecule has 3 aromatic rings. The molecule has 2 aromatic heterocycles. The van der Waals surface area contributed by atoms with Crippen LogP contribution in [0.15, 0.2) is 53.5 Å². The van der Waals surface area contributed by atoms with E-state index in [0.717, 1.165) is 30.6 Å². The molecule has 0 aliphatic carbocycles. The summed E-state index contributed by atoms with van der Waals surface area (Å²) < 4.78 is 6.00. The Kier molecular flexibility index (Phi) is 5.16. The Morgan fingerprint density at radius 3 is 2.78 bits per heavy atom. The fourth-order valence-electron chi connectivity index (χ4n) is 3.35. The zero-order chi connectivity index (χ0) is 18.6. The molecule has 138 valence electrons. The van der Waals surface area contributed by atoms with Crippen molar-refractivity contribution in [3.05, 3.63) is 77.0 Å². The molecule has 1 amide bonds. The lowest BCUT2D eigenvalue weighted by atomic mass is 10.0. The molecule has 4 rings (SSSR count). The van der Waals surface area contributed by atoms with Gasteiger partial charge < -0.3 is 9.32 Å². The molecule has 0 unspecified atom stereocenters. The molecule has 0 saturated carbocycles. The zero-order valence-electron chi connectivity index (χ0n) is 14.7. The summed E-state index contributed by atoms with van der Waals surface area (Å²) in [6.07, 6.45) is 9.77. The molecule has 0 radical (unpaired) electrons. The van der Waals surface area contributed by atoms with Crippen LogP contribution in [-0.4, -0.2) is 32.3 Å². The lowest BCUT2D eigenvalue weighted by Gasteiger charge is -2.33. The van der Waals surface area contributed by atoms with Crippen molar-refractivity contribution in [2.24, 2.45) is 0 Å². The molecule has 1 atom stereocenters. The number of carbonyl (C=O) groups excluding carboxylic acids is 1. The van der Waals surface area contributed by atoms with Crippen LogP contribution in [0.5, 0.6) is 0 Å². The molecule has 1 aliphatic heterocycles. The number of benzene rings is 1. The Hall–Kier alpha value is -2.73. The predicted molar refractivity (Wildman–Crippen MR) is 100 cm³/mol. The number of rotatable bonds is 4. The average Bonchev–Trinajstić information content (AvgIpc) is 3.18. The molecule has 1 fully saturated rings. The quantitative estimate of drug-likeness (QED) is 0.679. The van der Waals surface area contributed by atoms with E-state index in [-0.39, 0.29) is 11.9 Å². The van der Waals surface area contributed by atoms with Crippen molar-refractivity contribution in [3.63, 3.8) is 0 Å². The number of oxazole rings is 1. The van der Waals surface area contributed by atoms with Crippen molar-refractivity contribution in [2.45, 2.75) is 31.7 Å². The summed E-state index contributed by atoms with van der Waals surface area (Å²) >= 11 is 5.93. The van der Waals surface area contributed by atoms with Crippen LogP contribution < -0.4 is 0 Å². The van der Waals surface area contributed by atoms with Gasteiger partial charge in [0, 0.05) is 30.4 Å². The first-order valence-corrected chi connectivity index (χ1v) is 9.34. The number of aromatic nitrogens is 3. The van der Waals surface area contributed by atoms with Crippen molar-refractivity contribution in [3.8, 4) is 0 Å². The molecule has 0 bridgehead atoms. The van der Waals surface area contributed by atoms with Gasteiger partial charge in [-0.15, -0.1) is 0 Å². The Morgan fingerprint density at radius 2 is 2.00 bits per heavy atom. The Bertz CT molecular complexity index is 911. The van der Waals surface area contributed by atoms with E-state index in [0.29, 0.717) is 29.6 Å². The van der Waals surface area contributed by atoms with E-state index < -0.39 is 0 Å². The minimum Gasteiger partial charge on any atom is -0.443 e. The first kappa shape index (κ1) is 17.7. The smallest absolute Gasteiger partial charge is 0.274 e. The summed E-state index contributed by atoms with van der Waals surface area (Å²) in [5.41, 5.74) is 1.44. The fraction of sp³-hybridized carbons (Fsp3) is 0.300. The number of hydrogen-bond acceptors (Lipinski definition) is 5. The monoisotopic (exact) mass is 382 g/mol. The number of carbonyl (C=O) groups is 1. The molecule has 6 nitrogen and oxygen atoms in total.